The van der Waals surface area contributed by atoms with Crippen molar-refractivity contribution in [1.29, 1.82) is 0 Å². The van der Waals surface area contributed by atoms with Crippen LogP contribution in [-0.2, 0) is 6.54 Å². The fraction of sp³-hybridized carbons (Fsp3) is 0.267. The number of ether oxygens (including phenoxy) is 2. The molecule has 0 bridgehead atoms. The van der Waals surface area contributed by atoms with Gasteiger partial charge in [-0.05, 0) is 23.8 Å². The quantitative estimate of drug-likeness (QED) is 0.877. The Morgan fingerprint density at radius 1 is 1.18 bits per heavy atom. The molecule has 1 aliphatic rings. The van der Waals surface area contributed by atoms with Gasteiger partial charge < -0.3 is 14.8 Å². The highest BCUT2D eigenvalue weighted by Crippen LogP contribution is 2.30. The van der Waals surface area contributed by atoms with E-state index in [0.717, 1.165) is 17.7 Å². The Bertz CT molecular complexity index is 721. The van der Waals surface area contributed by atoms with Gasteiger partial charge in [0.05, 0.1) is 13.2 Å². The van der Waals surface area contributed by atoms with Crippen molar-refractivity contribution in [2.24, 2.45) is 0 Å². The van der Waals surface area contributed by atoms with Gasteiger partial charge >= 0.3 is 0 Å². The summed E-state index contributed by atoms with van der Waals surface area (Å²) in [5.74, 6) is 1.05. The van der Waals surface area contributed by atoms with Crippen molar-refractivity contribution in [2.45, 2.75) is 13.0 Å². The molecule has 0 aliphatic carbocycles. The van der Waals surface area contributed by atoms with Gasteiger partial charge in [-0.2, -0.15) is 5.10 Å². The molecule has 22 heavy (non-hydrogen) atoms. The maximum Gasteiger partial charge on any atom is 0.271 e. The number of carbonyl (C=O) groups is 1. The number of aromatic amines is 1. The van der Waals surface area contributed by atoms with Crippen molar-refractivity contribution >= 4 is 5.91 Å². The van der Waals surface area contributed by atoms with E-state index in [2.05, 4.69) is 15.5 Å². The second-order valence-electron chi connectivity index (χ2n) is 4.82. The number of nitrogens with zero attached hydrogens (tertiary/aromatic N) is 1. The first-order valence-corrected chi connectivity index (χ1v) is 6.95. The highest BCUT2D eigenvalue weighted by Gasteiger charge is 2.12. The molecule has 0 unspecified atom stereocenters. The molecule has 0 atom stereocenters. The molecule has 1 aromatic heterocycles. The molecule has 0 spiro atoms. The Labute approximate surface area is 126 Å². The Kier molecular flexibility index (Phi) is 4.04. The molecule has 0 radical (unpaired) electrons. The van der Waals surface area contributed by atoms with Crippen molar-refractivity contribution in [3.05, 3.63) is 51.9 Å². The zero-order valence-electron chi connectivity index (χ0n) is 11.8. The van der Waals surface area contributed by atoms with Gasteiger partial charge in [0, 0.05) is 19.0 Å². The number of hydrogen-bond donors (Lipinski definition) is 2. The highest BCUT2D eigenvalue weighted by molar-refractivity contribution is 5.91. The summed E-state index contributed by atoms with van der Waals surface area (Å²) >= 11 is 0. The molecule has 2 N–H and O–H groups in total. The molecule has 1 aliphatic heterocycles. The lowest BCUT2D eigenvalue weighted by atomic mass is 10.2. The summed E-state index contributed by atoms with van der Waals surface area (Å²) in [6, 6.07) is 8.19. The smallest absolute Gasteiger partial charge is 0.271 e. The van der Waals surface area contributed by atoms with Crippen molar-refractivity contribution in [2.75, 3.05) is 13.2 Å². The van der Waals surface area contributed by atoms with E-state index in [-0.39, 0.29) is 17.2 Å². The zero-order valence-corrected chi connectivity index (χ0v) is 11.8. The summed E-state index contributed by atoms with van der Waals surface area (Å²) in [5, 5.41) is 8.64. The van der Waals surface area contributed by atoms with Crippen LogP contribution in [0.25, 0.3) is 0 Å². The van der Waals surface area contributed by atoms with E-state index in [9.17, 15) is 9.59 Å². The standard InChI is InChI=1S/C15H15N3O4/c19-14-5-3-11(17-18-14)15(20)16-9-10-2-4-12-13(8-10)22-7-1-6-21-12/h2-5,8H,1,6-7,9H2,(H,16,20)(H,18,19). The van der Waals surface area contributed by atoms with Gasteiger partial charge in [0.1, 0.15) is 5.69 Å². The summed E-state index contributed by atoms with van der Waals surface area (Å²) in [7, 11) is 0. The molecule has 1 aromatic carbocycles. The summed E-state index contributed by atoms with van der Waals surface area (Å²) in [6.45, 7) is 1.58. The largest absolute Gasteiger partial charge is 0.490 e. The van der Waals surface area contributed by atoms with Crippen LogP contribution in [0.2, 0.25) is 0 Å². The number of nitrogens with one attached hydrogen (secondary N) is 2. The molecule has 3 rings (SSSR count). The SMILES string of the molecule is O=C(NCc1ccc2c(c1)OCCCO2)c1ccc(=O)[nH]n1. The molecular formula is C15H15N3O4. The first-order valence-electron chi connectivity index (χ1n) is 6.95. The maximum atomic E-state index is 11.9. The lowest BCUT2D eigenvalue weighted by Gasteiger charge is -2.10. The summed E-state index contributed by atoms with van der Waals surface area (Å²) in [4.78, 5) is 22.8. The molecule has 7 nitrogen and oxygen atoms in total. The summed E-state index contributed by atoms with van der Waals surface area (Å²) in [5.41, 5.74) is 0.704. The monoisotopic (exact) mass is 301 g/mol. The maximum absolute atomic E-state index is 11.9. The first kappa shape index (κ1) is 14.1. The first-order chi connectivity index (χ1) is 10.7. The van der Waals surface area contributed by atoms with Crippen molar-refractivity contribution in [3.63, 3.8) is 0 Å². The highest BCUT2D eigenvalue weighted by atomic mass is 16.5. The van der Waals surface area contributed by atoms with E-state index in [1.165, 1.54) is 12.1 Å². The topological polar surface area (TPSA) is 93.3 Å². The molecule has 0 fully saturated rings. The average molecular weight is 301 g/mol. The Hall–Kier alpha value is -2.83. The number of fused-ring (bicyclic) bond motifs is 1. The second-order valence-corrected chi connectivity index (χ2v) is 4.82. The number of amides is 1. The number of H-pyrrole nitrogens is 1. The van der Waals surface area contributed by atoms with Crippen LogP contribution in [0.3, 0.4) is 0 Å². The average Bonchev–Trinajstić information content (AvgIpc) is 2.78. The zero-order chi connectivity index (χ0) is 15.4. The van der Waals surface area contributed by atoms with Crippen LogP contribution in [0.15, 0.2) is 35.1 Å². The number of hydrogen-bond acceptors (Lipinski definition) is 5. The third-order valence-electron chi connectivity index (χ3n) is 3.18. The van der Waals surface area contributed by atoms with Crippen LogP contribution >= 0.6 is 0 Å². The van der Waals surface area contributed by atoms with Gasteiger partial charge in [-0.15, -0.1) is 0 Å². The number of aromatic nitrogens is 2. The minimum Gasteiger partial charge on any atom is -0.490 e. The number of carbonyl (C=O) groups excluding carboxylic acids is 1. The Morgan fingerprint density at radius 2 is 2.00 bits per heavy atom. The summed E-state index contributed by atoms with van der Waals surface area (Å²) in [6.07, 6.45) is 0.846. The van der Waals surface area contributed by atoms with E-state index in [0.29, 0.717) is 25.5 Å². The third kappa shape index (κ3) is 3.25. The molecule has 0 saturated heterocycles. The van der Waals surface area contributed by atoms with Crippen molar-refractivity contribution < 1.29 is 14.3 Å². The van der Waals surface area contributed by atoms with E-state index in [4.69, 9.17) is 9.47 Å². The lowest BCUT2D eigenvalue weighted by molar-refractivity contribution is 0.0944. The number of rotatable bonds is 3. The van der Waals surface area contributed by atoms with E-state index in [1.54, 1.807) is 0 Å². The Morgan fingerprint density at radius 3 is 2.77 bits per heavy atom. The fourth-order valence-corrected chi connectivity index (χ4v) is 2.06. The van der Waals surface area contributed by atoms with Gasteiger partial charge in [-0.25, -0.2) is 5.10 Å². The van der Waals surface area contributed by atoms with Crippen LogP contribution in [0.5, 0.6) is 11.5 Å². The predicted octanol–water partition coefficient (Wildman–Crippen LogP) is 0.861. The van der Waals surface area contributed by atoms with Crippen LogP contribution in [-0.4, -0.2) is 29.3 Å². The minimum absolute atomic E-state index is 0.161. The fourth-order valence-electron chi connectivity index (χ4n) is 2.06. The normalized spacial score (nSPS) is 13.3. The molecule has 114 valence electrons. The van der Waals surface area contributed by atoms with E-state index in [1.807, 2.05) is 18.2 Å². The molecule has 0 saturated carbocycles. The van der Waals surface area contributed by atoms with Gasteiger partial charge in [0.2, 0.25) is 0 Å². The van der Waals surface area contributed by atoms with Crippen LogP contribution in [0.1, 0.15) is 22.5 Å². The summed E-state index contributed by atoms with van der Waals surface area (Å²) < 4.78 is 11.2. The van der Waals surface area contributed by atoms with Gasteiger partial charge in [0.25, 0.3) is 11.5 Å². The lowest BCUT2D eigenvalue weighted by Crippen LogP contribution is -2.25. The molecule has 1 amide bonds. The minimum atomic E-state index is -0.358. The van der Waals surface area contributed by atoms with E-state index >= 15 is 0 Å². The number of benzene rings is 1. The third-order valence-corrected chi connectivity index (χ3v) is 3.18. The van der Waals surface area contributed by atoms with Crippen LogP contribution in [0.4, 0.5) is 0 Å². The van der Waals surface area contributed by atoms with Crippen LogP contribution in [0, 0.1) is 0 Å². The molecular weight excluding hydrogens is 286 g/mol. The van der Waals surface area contributed by atoms with Gasteiger partial charge in [-0.3, -0.25) is 9.59 Å². The molecule has 7 heteroatoms. The Balaban J connectivity index is 1.66. The van der Waals surface area contributed by atoms with E-state index < -0.39 is 0 Å². The van der Waals surface area contributed by atoms with Crippen molar-refractivity contribution in [3.8, 4) is 11.5 Å². The molecule has 2 aromatic rings. The van der Waals surface area contributed by atoms with Gasteiger partial charge in [-0.1, -0.05) is 6.07 Å². The molecule has 2 heterocycles. The predicted molar refractivity (Wildman–Crippen MR) is 78.1 cm³/mol. The van der Waals surface area contributed by atoms with Crippen LogP contribution < -0.4 is 20.3 Å². The second kappa shape index (κ2) is 6.30. The van der Waals surface area contributed by atoms with Gasteiger partial charge in [0.15, 0.2) is 11.5 Å². The van der Waals surface area contributed by atoms with Crippen molar-refractivity contribution in [1.82, 2.24) is 15.5 Å².